The summed E-state index contributed by atoms with van der Waals surface area (Å²) in [6.45, 7) is 1.61. The van der Waals surface area contributed by atoms with Crippen molar-refractivity contribution in [1.82, 2.24) is 0 Å². The maximum absolute atomic E-state index is 11.0. The van der Waals surface area contributed by atoms with Crippen molar-refractivity contribution in [3.63, 3.8) is 0 Å². The van der Waals surface area contributed by atoms with Crippen molar-refractivity contribution in [3.05, 3.63) is 70.2 Å². The summed E-state index contributed by atoms with van der Waals surface area (Å²) in [4.78, 5) is 11.0. The molecule has 0 saturated heterocycles. The molecule has 2 heteroatoms. The van der Waals surface area contributed by atoms with Crippen LogP contribution in [0.5, 0.6) is 0 Å². The lowest BCUT2D eigenvalue weighted by Crippen LogP contribution is -1.96. The Hall–Kier alpha value is -1.60. The smallest absolute Gasteiger partial charge is 0.134 e. The van der Waals surface area contributed by atoms with Gasteiger partial charge >= 0.3 is 0 Å². The van der Waals surface area contributed by atoms with Gasteiger partial charge in [-0.1, -0.05) is 48.0 Å². The zero-order valence-corrected chi connectivity index (χ0v) is 11.1. The van der Waals surface area contributed by atoms with Gasteiger partial charge in [-0.15, -0.1) is 0 Å². The first-order valence-corrected chi connectivity index (χ1v) is 6.33. The third kappa shape index (κ3) is 3.71. The minimum Gasteiger partial charge on any atom is -0.300 e. The number of hydrogen-bond acceptors (Lipinski definition) is 1. The monoisotopic (exact) mass is 258 g/mol. The molecular formula is C16H15ClO. The number of carbonyl (C=O) groups is 1. The summed E-state index contributed by atoms with van der Waals surface area (Å²) in [7, 11) is 0. The summed E-state index contributed by atoms with van der Waals surface area (Å²) >= 11 is 5.85. The molecule has 0 aliphatic rings. The molecule has 0 aromatic heterocycles. The Morgan fingerprint density at radius 2 is 1.33 bits per heavy atom. The predicted molar refractivity (Wildman–Crippen MR) is 75.1 cm³/mol. The molecule has 0 heterocycles. The van der Waals surface area contributed by atoms with Crippen molar-refractivity contribution in [2.24, 2.45) is 0 Å². The lowest BCUT2D eigenvalue weighted by Gasteiger charge is -2.04. The third-order valence-corrected chi connectivity index (χ3v) is 3.05. The van der Waals surface area contributed by atoms with Crippen LogP contribution in [0.15, 0.2) is 48.5 Å². The number of carbonyl (C=O) groups excluding carboxylic acids is 1. The largest absolute Gasteiger partial charge is 0.300 e. The minimum atomic E-state index is 0.195. The molecule has 0 amide bonds. The Bertz CT molecular complexity index is 526. The topological polar surface area (TPSA) is 17.1 Å². The van der Waals surface area contributed by atoms with Gasteiger partial charge in [0.25, 0.3) is 0 Å². The van der Waals surface area contributed by atoms with Gasteiger partial charge in [0.1, 0.15) is 5.78 Å². The maximum Gasteiger partial charge on any atom is 0.134 e. The highest BCUT2D eigenvalue weighted by Crippen LogP contribution is 2.14. The lowest BCUT2D eigenvalue weighted by atomic mass is 10.0. The number of rotatable bonds is 4. The van der Waals surface area contributed by atoms with E-state index in [4.69, 9.17) is 11.6 Å². The summed E-state index contributed by atoms with van der Waals surface area (Å²) in [5.74, 6) is 0.195. The zero-order valence-electron chi connectivity index (χ0n) is 10.3. The first-order valence-electron chi connectivity index (χ1n) is 5.95. The summed E-state index contributed by atoms with van der Waals surface area (Å²) in [6, 6.07) is 16.1. The number of halogens is 1. The van der Waals surface area contributed by atoms with Gasteiger partial charge in [-0.3, -0.25) is 4.79 Å². The van der Waals surface area contributed by atoms with Crippen LogP contribution >= 0.6 is 11.6 Å². The fourth-order valence-electron chi connectivity index (χ4n) is 1.90. The van der Waals surface area contributed by atoms with E-state index in [1.54, 1.807) is 6.92 Å². The number of ketones is 1. The molecule has 92 valence electrons. The van der Waals surface area contributed by atoms with E-state index in [-0.39, 0.29) is 5.78 Å². The van der Waals surface area contributed by atoms with Crippen LogP contribution in [0.25, 0.3) is 0 Å². The molecule has 0 aliphatic heterocycles. The van der Waals surface area contributed by atoms with Crippen LogP contribution in [0.4, 0.5) is 0 Å². The second kappa shape index (κ2) is 5.83. The van der Waals surface area contributed by atoms with Crippen molar-refractivity contribution < 1.29 is 4.79 Å². The van der Waals surface area contributed by atoms with E-state index in [2.05, 4.69) is 12.1 Å². The van der Waals surface area contributed by atoms with Crippen LogP contribution < -0.4 is 0 Å². The average molecular weight is 259 g/mol. The van der Waals surface area contributed by atoms with Gasteiger partial charge in [-0.2, -0.15) is 0 Å². The molecule has 0 fully saturated rings. The Morgan fingerprint density at radius 3 is 1.83 bits per heavy atom. The minimum absolute atomic E-state index is 0.195. The van der Waals surface area contributed by atoms with Crippen LogP contribution in [0, 0.1) is 0 Å². The summed E-state index contributed by atoms with van der Waals surface area (Å²) < 4.78 is 0. The van der Waals surface area contributed by atoms with Crippen LogP contribution in [0.2, 0.25) is 5.02 Å². The SMILES string of the molecule is CC(=O)Cc1ccc(Cc2ccc(Cl)cc2)cc1. The fourth-order valence-corrected chi connectivity index (χ4v) is 2.03. The molecule has 0 radical (unpaired) electrons. The van der Waals surface area contributed by atoms with Gasteiger partial charge in [-0.25, -0.2) is 0 Å². The van der Waals surface area contributed by atoms with E-state index in [0.29, 0.717) is 6.42 Å². The second-order valence-corrected chi connectivity index (χ2v) is 4.93. The van der Waals surface area contributed by atoms with Crippen molar-refractivity contribution in [1.29, 1.82) is 0 Å². The molecule has 0 aliphatic carbocycles. The Morgan fingerprint density at radius 1 is 0.889 bits per heavy atom. The molecule has 0 spiro atoms. The molecule has 2 aromatic carbocycles. The molecule has 0 N–H and O–H groups in total. The van der Waals surface area contributed by atoms with Crippen molar-refractivity contribution in [2.75, 3.05) is 0 Å². The third-order valence-electron chi connectivity index (χ3n) is 2.80. The Kier molecular flexibility index (Phi) is 4.16. The highest BCUT2D eigenvalue weighted by molar-refractivity contribution is 6.30. The first-order chi connectivity index (χ1) is 8.63. The molecule has 2 rings (SSSR count). The molecule has 0 saturated carbocycles. The van der Waals surface area contributed by atoms with Crippen LogP contribution in [0.1, 0.15) is 23.6 Å². The molecule has 0 bridgehead atoms. The lowest BCUT2D eigenvalue weighted by molar-refractivity contribution is -0.116. The van der Waals surface area contributed by atoms with Crippen molar-refractivity contribution in [2.45, 2.75) is 19.8 Å². The average Bonchev–Trinajstić information content (AvgIpc) is 2.34. The van der Waals surface area contributed by atoms with Crippen LogP contribution in [0.3, 0.4) is 0 Å². The van der Waals surface area contributed by atoms with E-state index >= 15 is 0 Å². The van der Waals surface area contributed by atoms with E-state index in [0.717, 1.165) is 17.0 Å². The van der Waals surface area contributed by atoms with Gasteiger partial charge in [0.15, 0.2) is 0 Å². The highest BCUT2D eigenvalue weighted by Gasteiger charge is 1.99. The van der Waals surface area contributed by atoms with Gasteiger partial charge in [0.2, 0.25) is 0 Å². The molecule has 0 atom stereocenters. The van der Waals surface area contributed by atoms with Crippen LogP contribution in [-0.2, 0) is 17.6 Å². The van der Waals surface area contributed by atoms with E-state index in [1.165, 1.54) is 11.1 Å². The molecular weight excluding hydrogens is 244 g/mol. The van der Waals surface area contributed by atoms with E-state index < -0.39 is 0 Å². The summed E-state index contributed by atoms with van der Waals surface area (Å²) in [5, 5.41) is 0.760. The summed E-state index contributed by atoms with van der Waals surface area (Å²) in [6.07, 6.45) is 1.40. The Labute approximate surface area is 112 Å². The predicted octanol–water partition coefficient (Wildman–Crippen LogP) is 4.06. The molecule has 0 unspecified atom stereocenters. The Balaban J connectivity index is 2.06. The van der Waals surface area contributed by atoms with E-state index in [9.17, 15) is 4.79 Å². The quantitative estimate of drug-likeness (QED) is 0.808. The van der Waals surface area contributed by atoms with Crippen molar-refractivity contribution >= 4 is 17.4 Å². The molecule has 2 aromatic rings. The number of benzene rings is 2. The van der Waals surface area contributed by atoms with Gasteiger partial charge in [-0.05, 0) is 42.2 Å². The van der Waals surface area contributed by atoms with Crippen LogP contribution in [-0.4, -0.2) is 5.78 Å². The van der Waals surface area contributed by atoms with E-state index in [1.807, 2.05) is 36.4 Å². The van der Waals surface area contributed by atoms with Gasteiger partial charge in [0.05, 0.1) is 0 Å². The second-order valence-electron chi connectivity index (χ2n) is 4.50. The summed E-state index contributed by atoms with van der Waals surface area (Å²) in [5.41, 5.74) is 3.55. The zero-order chi connectivity index (χ0) is 13.0. The number of Topliss-reactive ketones (excluding diaryl/α,β-unsaturated/α-hetero) is 1. The number of hydrogen-bond donors (Lipinski definition) is 0. The maximum atomic E-state index is 11.0. The fraction of sp³-hybridized carbons (Fsp3) is 0.188. The normalized spacial score (nSPS) is 10.3. The molecule has 18 heavy (non-hydrogen) atoms. The first kappa shape index (κ1) is 12.8. The molecule has 1 nitrogen and oxygen atoms in total. The van der Waals surface area contributed by atoms with Gasteiger partial charge in [0, 0.05) is 11.4 Å². The standard InChI is InChI=1S/C16H15ClO/c1-12(18)10-13-2-4-14(5-3-13)11-15-6-8-16(17)9-7-15/h2-9H,10-11H2,1H3. The van der Waals surface area contributed by atoms with Gasteiger partial charge < -0.3 is 0 Å². The van der Waals surface area contributed by atoms with Crippen molar-refractivity contribution in [3.8, 4) is 0 Å². The highest BCUT2D eigenvalue weighted by atomic mass is 35.5.